The molecule has 5 heteroatoms. The highest BCUT2D eigenvalue weighted by Gasteiger charge is 2.27. The Bertz CT molecular complexity index is 668. The van der Waals surface area contributed by atoms with E-state index >= 15 is 0 Å². The predicted molar refractivity (Wildman–Crippen MR) is 97.2 cm³/mol. The number of amides is 1. The Morgan fingerprint density at radius 3 is 2.83 bits per heavy atom. The minimum Gasteiger partial charge on any atom is -0.342 e. The summed E-state index contributed by atoms with van der Waals surface area (Å²) in [5, 5.41) is 10.9. The van der Waals surface area contributed by atoms with Crippen LogP contribution in [-0.4, -0.2) is 34.1 Å². The van der Waals surface area contributed by atoms with E-state index < -0.39 is 0 Å². The highest BCUT2D eigenvalue weighted by atomic mass is 32.1. The second-order valence-electron chi connectivity index (χ2n) is 6.97. The van der Waals surface area contributed by atoms with E-state index in [-0.39, 0.29) is 5.91 Å². The van der Waals surface area contributed by atoms with E-state index in [0.717, 1.165) is 42.4 Å². The van der Waals surface area contributed by atoms with Gasteiger partial charge in [0.25, 0.3) is 0 Å². The number of piperidine rings is 1. The van der Waals surface area contributed by atoms with Crippen molar-refractivity contribution in [1.29, 1.82) is 0 Å². The molecule has 1 aromatic carbocycles. The molecule has 1 aromatic heterocycles. The number of aromatic nitrogens is 2. The number of rotatable bonds is 5. The van der Waals surface area contributed by atoms with Gasteiger partial charge in [-0.1, -0.05) is 44.2 Å². The normalized spacial score (nSPS) is 18.1. The predicted octanol–water partition coefficient (Wildman–Crippen LogP) is 3.88. The van der Waals surface area contributed by atoms with Gasteiger partial charge in [-0.2, -0.15) is 0 Å². The van der Waals surface area contributed by atoms with Crippen LogP contribution < -0.4 is 0 Å². The summed E-state index contributed by atoms with van der Waals surface area (Å²) in [5.41, 5.74) is 1.26. The van der Waals surface area contributed by atoms with E-state index in [9.17, 15) is 4.79 Å². The van der Waals surface area contributed by atoms with Crippen molar-refractivity contribution < 1.29 is 4.79 Å². The van der Waals surface area contributed by atoms with Gasteiger partial charge in [0.2, 0.25) is 5.91 Å². The van der Waals surface area contributed by atoms with Crippen molar-refractivity contribution >= 4 is 17.2 Å². The lowest BCUT2D eigenvalue weighted by atomic mass is 9.98. The molecule has 2 heterocycles. The molecular weight excluding hydrogens is 318 g/mol. The highest BCUT2D eigenvalue weighted by molar-refractivity contribution is 7.11. The van der Waals surface area contributed by atoms with Crippen molar-refractivity contribution in [2.24, 2.45) is 5.92 Å². The van der Waals surface area contributed by atoms with Crippen LogP contribution in [0.2, 0.25) is 0 Å². The van der Waals surface area contributed by atoms with Gasteiger partial charge >= 0.3 is 0 Å². The molecule has 1 amide bonds. The van der Waals surface area contributed by atoms with Gasteiger partial charge in [0, 0.05) is 31.8 Å². The fourth-order valence-corrected chi connectivity index (χ4v) is 4.16. The third kappa shape index (κ3) is 4.41. The average Bonchev–Trinajstić information content (AvgIpc) is 3.04. The second kappa shape index (κ2) is 7.88. The largest absolute Gasteiger partial charge is 0.342 e. The van der Waals surface area contributed by atoms with Crippen LogP contribution in [0.15, 0.2) is 30.3 Å². The first-order valence-electron chi connectivity index (χ1n) is 8.76. The number of carbonyl (C=O) groups is 1. The van der Waals surface area contributed by atoms with Crippen LogP contribution in [0.4, 0.5) is 0 Å². The standard InChI is InChI=1S/C19H25N3OS/c1-14(2)11-18(23)22-10-6-9-16(13-22)19-21-20-17(24-19)12-15-7-4-3-5-8-15/h3-5,7-8,14,16H,6,9-13H2,1-2H3. The van der Waals surface area contributed by atoms with Crippen molar-refractivity contribution in [2.75, 3.05) is 13.1 Å². The molecule has 0 saturated carbocycles. The summed E-state index contributed by atoms with van der Waals surface area (Å²) in [6.45, 7) is 5.88. The topological polar surface area (TPSA) is 46.1 Å². The Balaban J connectivity index is 1.63. The molecule has 0 aliphatic carbocycles. The number of likely N-dealkylation sites (tertiary alicyclic amines) is 1. The maximum atomic E-state index is 12.3. The molecule has 1 aliphatic heterocycles. The first-order chi connectivity index (χ1) is 11.6. The van der Waals surface area contributed by atoms with E-state index in [0.29, 0.717) is 18.3 Å². The first-order valence-corrected chi connectivity index (χ1v) is 9.57. The molecule has 2 aromatic rings. The Morgan fingerprint density at radius 2 is 2.08 bits per heavy atom. The maximum Gasteiger partial charge on any atom is 0.222 e. The molecular formula is C19H25N3OS. The molecule has 1 saturated heterocycles. The Hall–Kier alpha value is -1.75. The Morgan fingerprint density at radius 1 is 1.29 bits per heavy atom. The van der Waals surface area contributed by atoms with Gasteiger partial charge < -0.3 is 4.90 Å². The van der Waals surface area contributed by atoms with Crippen molar-refractivity contribution in [1.82, 2.24) is 15.1 Å². The quantitative estimate of drug-likeness (QED) is 0.827. The van der Waals surface area contributed by atoms with Crippen LogP contribution in [-0.2, 0) is 11.2 Å². The van der Waals surface area contributed by atoms with Crippen molar-refractivity contribution in [3.8, 4) is 0 Å². The van der Waals surface area contributed by atoms with Crippen LogP contribution in [0.25, 0.3) is 0 Å². The van der Waals surface area contributed by atoms with Gasteiger partial charge in [-0.25, -0.2) is 0 Å². The summed E-state index contributed by atoms with van der Waals surface area (Å²) in [6.07, 6.45) is 3.64. The minimum atomic E-state index is 0.281. The Labute approximate surface area is 147 Å². The molecule has 0 N–H and O–H groups in total. The third-order valence-electron chi connectivity index (χ3n) is 4.39. The lowest BCUT2D eigenvalue weighted by molar-refractivity contribution is -0.133. The van der Waals surface area contributed by atoms with Crippen molar-refractivity contribution in [3.63, 3.8) is 0 Å². The van der Waals surface area contributed by atoms with Crippen LogP contribution in [0, 0.1) is 5.92 Å². The summed E-state index contributed by atoms with van der Waals surface area (Å²) in [5.74, 6) is 1.04. The van der Waals surface area contributed by atoms with Crippen LogP contribution >= 0.6 is 11.3 Å². The third-order valence-corrected chi connectivity index (χ3v) is 5.47. The molecule has 3 rings (SSSR count). The SMILES string of the molecule is CC(C)CC(=O)N1CCCC(c2nnc(Cc3ccccc3)s2)C1. The molecule has 1 aliphatic rings. The lowest BCUT2D eigenvalue weighted by Crippen LogP contribution is -2.39. The fourth-order valence-electron chi connectivity index (χ4n) is 3.16. The van der Waals surface area contributed by atoms with Gasteiger partial charge in [0.1, 0.15) is 10.0 Å². The average molecular weight is 343 g/mol. The number of carbonyl (C=O) groups excluding carboxylic acids is 1. The molecule has 4 nitrogen and oxygen atoms in total. The van der Waals surface area contributed by atoms with E-state index in [1.807, 2.05) is 11.0 Å². The highest BCUT2D eigenvalue weighted by Crippen LogP contribution is 2.30. The molecule has 128 valence electrons. The van der Waals surface area contributed by atoms with Gasteiger partial charge in [-0.3, -0.25) is 4.79 Å². The van der Waals surface area contributed by atoms with E-state index in [1.165, 1.54) is 5.56 Å². The zero-order valence-corrected chi connectivity index (χ0v) is 15.3. The molecule has 0 radical (unpaired) electrons. The summed E-state index contributed by atoms with van der Waals surface area (Å²) >= 11 is 1.70. The van der Waals surface area contributed by atoms with Gasteiger partial charge in [0.15, 0.2) is 0 Å². The second-order valence-corrected chi connectivity index (χ2v) is 8.07. The van der Waals surface area contributed by atoms with Crippen molar-refractivity contribution in [3.05, 3.63) is 45.9 Å². The first kappa shape index (κ1) is 17.1. The van der Waals surface area contributed by atoms with E-state index in [1.54, 1.807) is 11.3 Å². The smallest absolute Gasteiger partial charge is 0.222 e. The molecule has 1 atom stereocenters. The zero-order chi connectivity index (χ0) is 16.9. The van der Waals surface area contributed by atoms with Gasteiger partial charge in [0.05, 0.1) is 0 Å². The monoisotopic (exact) mass is 343 g/mol. The minimum absolute atomic E-state index is 0.281. The van der Waals surface area contributed by atoms with E-state index in [4.69, 9.17) is 0 Å². The summed E-state index contributed by atoms with van der Waals surface area (Å²) < 4.78 is 0. The fraction of sp³-hybridized carbons (Fsp3) is 0.526. The summed E-state index contributed by atoms with van der Waals surface area (Å²) in [7, 11) is 0. The zero-order valence-electron chi connectivity index (χ0n) is 14.4. The number of nitrogens with zero attached hydrogens (tertiary/aromatic N) is 3. The summed E-state index contributed by atoms with van der Waals surface area (Å²) in [4.78, 5) is 14.3. The summed E-state index contributed by atoms with van der Waals surface area (Å²) in [6, 6.07) is 10.4. The van der Waals surface area contributed by atoms with Crippen molar-refractivity contribution in [2.45, 2.75) is 45.4 Å². The van der Waals surface area contributed by atoms with Crippen LogP contribution in [0.3, 0.4) is 0 Å². The van der Waals surface area contributed by atoms with Gasteiger partial charge in [-0.05, 0) is 24.3 Å². The molecule has 0 spiro atoms. The van der Waals surface area contributed by atoms with E-state index in [2.05, 4.69) is 48.3 Å². The maximum absolute atomic E-state index is 12.3. The Kier molecular flexibility index (Phi) is 5.61. The lowest BCUT2D eigenvalue weighted by Gasteiger charge is -2.32. The molecule has 1 fully saturated rings. The number of hydrogen-bond acceptors (Lipinski definition) is 4. The molecule has 0 bridgehead atoms. The molecule has 1 unspecified atom stereocenters. The van der Waals surface area contributed by atoms with Crippen LogP contribution in [0.1, 0.15) is 54.6 Å². The number of hydrogen-bond donors (Lipinski definition) is 0. The van der Waals surface area contributed by atoms with Crippen LogP contribution in [0.5, 0.6) is 0 Å². The molecule has 24 heavy (non-hydrogen) atoms. The van der Waals surface area contributed by atoms with Gasteiger partial charge in [-0.15, -0.1) is 21.5 Å². The number of benzene rings is 1.